The monoisotopic (exact) mass is 288 g/mol. The van der Waals surface area contributed by atoms with Crippen molar-refractivity contribution < 1.29 is 4.42 Å². The van der Waals surface area contributed by atoms with Gasteiger partial charge in [0.2, 0.25) is 0 Å². The van der Waals surface area contributed by atoms with E-state index in [0.717, 1.165) is 20.8 Å². The van der Waals surface area contributed by atoms with E-state index in [4.69, 9.17) is 4.42 Å². The van der Waals surface area contributed by atoms with Crippen LogP contribution < -0.4 is 0 Å². The van der Waals surface area contributed by atoms with Crippen LogP contribution in [0.2, 0.25) is 0 Å². The molecule has 62 valence electrons. The fourth-order valence-electron chi connectivity index (χ4n) is 1.15. The van der Waals surface area contributed by atoms with Gasteiger partial charge in [0.25, 0.3) is 0 Å². The first-order chi connectivity index (χ1) is 5.81. The van der Waals surface area contributed by atoms with Crippen LogP contribution in [0.5, 0.6) is 0 Å². The van der Waals surface area contributed by atoms with Gasteiger partial charge in [0.15, 0.2) is 4.67 Å². The Balaban J connectivity index is 2.69. The summed E-state index contributed by atoms with van der Waals surface area (Å²) in [6.07, 6.45) is 1.76. The molecule has 0 N–H and O–H groups in total. The van der Waals surface area contributed by atoms with Crippen LogP contribution in [-0.2, 0) is 5.33 Å². The molecule has 1 heterocycles. The zero-order valence-electron chi connectivity index (χ0n) is 6.18. The van der Waals surface area contributed by atoms with E-state index < -0.39 is 0 Å². The molecule has 0 amide bonds. The summed E-state index contributed by atoms with van der Waals surface area (Å²) >= 11 is 6.74. The van der Waals surface area contributed by atoms with E-state index in [1.54, 1.807) is 6.26 Å². The summed E-state index contributed by atoms with van der Waals surface area (Å²) in [4.78, 5) is 0. The van der Waals surface area contributed by atoms with Gasteiger partial charge in [-0.2, -0.15) is 0 Å². The molecule has 0 aliphatic rings. The first-order valence-corrected chi connectivity index (χ1v) is 5.44. The quantitative estimate of drug-likeness (QED) is 0.721. The summed E-state index contributed by atoms with van der Waals surface area (Å²) < 4.78 is 6.02. The van der Waals surface area contributed by atoms with Crippen molar-refractivity contribution in [3.05, 3.63) is 34.7 Å². The standard InChI is InChI=1S/C9H6Br2O/c10-4-6-1-2-8-7(3-6)5-12-9(8)11/h1-3,5H,4H2. The molecule has 0 atom stereocenters. The maximum absolute atomic E-state index is 5.22. The highest BCUT2D eigenvalue weighted by Crippen LogP contribution is 2.27. The molecular formula is C9H6Br2O. The Bertz CT molecular complexity index is 406. The zero-order chi connectivity index (χ0) is 8.55. The van der Waals surface area contributed by atoms with Crippen molar-refractivity contribution in [1.82, 2.24) is 0 Å². The minimum Gasteiger partial charge on any atom is -0.456 e. The van der Waals surface area contributed by atoms with E-state index in [1.807, 2.05) is 0 Å². The highest BCUT2D eigenvalue weighted by atomic mass is 79.9. The average Bonchev–Trinajstić information content (AvgIpc) is 2.47. The molecule has 0 unspecified atom stereocenters. The lowest BCUT2D eigenvalue weighted by Crippen LogP contribution is -1.74. The number of hydrogen-bond donors (Lipinski definition) is 0. The van der Waals surface area contributed by atoms with E-state index in [2.05, 4.69) is 50.1 Å². The second-order valence-corrected chi connectivity index (χ2v) is 3.85. The molecule has 12 heavy (non-hydrogen) atoms. The van der Waals surface area contributed by atoms with Gasteiger partial charge in [0.05, 0.1) is 6.26 Å². The highest BCUT2D eigenvalue weighted by Gasteiger charge is 2.02. The molecule has 2 aromatic rings. The third-order valence-electron chi connectivity index (χ3n) is 1.77. The predicted octanol–water partition coefficient (Wildman–Crippen LogP) is 4.09. The first-order valence-electron chi connectivity index (χ1n) is 3.53. The Hall–Kier alpha value is -0.280. The summed E-state index contributed by atoms with van der Waals surface area (Å²) in [5, 5.41) is 3.14. The van der Waals surface area contributed by atoms with Crippen molar-refractivity contribution in [1.29, 1.82) is 0 Å². The third-order valence-corrected chi connectivity index (χ3v) is 3.03. The topological polar surface area (TPSA) is 13.1 Å². The fourth-order valence-corrected chi connectivity index (χ4v) is 1.95. The van der Waals surface area contributed by atoms with Gasteiger partial charge < -0.3 is 4.42 Å². The van der Waals surface area contributed by atoms with Gasteiger partial charge in [-0.1, -0.05) is 22.0 Å². The van der Waals surface area contributed by atoms with Crippen LogP contribution in [0.25, 0.3) is 10.8 Å². The summed E-state index contributed by atoms with van der Waals surface area (Å²) in [5.74, 6) is 0. The normalized spacial score (nSPS) is 10.8. The Labute approximate surface area is 87.0 Å². The van der Waals surface area contributed by atoms with Crippen molar-refractivity contribution in [3.8, 4) is 0 Å². The number of furan rings is 1. The SMILES string of the molecule is BrCc1ccc2c(Br)occ2c1. The van der Waals surface area contributed by atoms with Gasteiger partial charge in [0.1, 0.15) is 0 Å². The van der Waals surface area contributed by atoms with Crippen molar-refractivity contribution in [3.63, 3.8) is 0 Å². The molecular weight excluding hydrogens is 284 g/mol. The number of alkyl halides is 1. The number of halogens is 2. The minimum absolute atomic E-state index is 0.804. The number of fused-ring (bicyclic) bond motifs is 1. The largest absolute Gasteiger partial charge is 0.456 e. The molecule has 0 saturated heterocycles. The van der Waals surface area contributed by atoms with Gasteiger partial charge in [-0.05, 0) is 33.6 Å². The summed E-state index contributed by atoms with van der Waals surface area (Å²) in [7, 11) is 0. The van der Waals surface area contributed by atoms with Crippen molar-refractivity contribution in [2.45, 2.75) is 5.33 Å². The van der Waals surface area contributed by atoms with E-state index in [1.165, 1.54) is 5.56 Å². The molecule has 0 fully saturated rings. The lowest BCUT2D eigenvalue weighted by atomic mass is 10.1. The molecule has 2 rings (SSSR count). The Kier molecular flexibility index (Phi) is 2.24. The van der Waals surface area contributed by atoms with Crippen LogP contribution >= 0.6 is 31.9 Å². The van der Waals surface area contributed by atoms with Crippen LogP contribution in [0, 0.1) is 0 Å². The highest BCUT2D eigenvalue weighted by molar-refractivity contribution is 9.10. The van der Waals surface area contributed by atoms with Crippen molar-refractivity contribution >= 4 is 42.6 Å². The molecule has 1 nitrogen and oxygen atoms in total. The molecule has 1 aromatic carbocycles. The van der Waals surface area contributed by atoms with E-state index in [-0.39, 0.29) is 0 Å². The van der Waals surface area contributed by atoms with Crippen LogP contribution in [0.4, 0.5) is 0 Å². The first kappa shape index (κ1) is 8.32. The van der Waals surface area contributed by atoms with Gasteiger partial charge in [0, 0.05) is 16.1 Å². The molecule has 0 spiro atoms. The number of hydrogen-bond acceptors (Lipinski definition) is 1. The molecule has 0 aliphatic carbocycles. The van der Waals surface area contributed by atoms with Crippen LogP contribution in [0.15, 0.2) is 33.5 Å². The summed E-state index contributed by atoms with van der Waals surface area (Å²) in [6.45, 7) is 0. The Morgan fingerprint density at radius 3 is 2.92 bits per heavy atom. The lowest BCUT2D eigenvalue weighted by molar-refractivity contribution is 0.547. The van der Waals surface area contributed by atoms with Crippen LogP contribution in [0.3, 0.4) is 0 Å². The average molecular weight is 290 g/mol. The van der Waals surface area contributed by atoms with E-state index >= 15 is 0 Å². The van der Waals surface area contributed by atoms with Crippen molar-refractivity contribution in [2.24, 2.45) is 0 Å². The molecule has 0 saturated carbocycles. The van der Waals surface area contributed by atoms with E-state index in [9.17, 15) is 0 Å². The second kappa shape index (κ2) is 3.23. The maximum atomic E-state index is 5.22. The Morgan fingerprint density at radius 2 is 2.17 bits per heavy atom. The van der Waals surface area contributed by atoms with Crippen LogP contribution in [0.1, 0.15) is 5.56 Å². The molecule has 0 bridgehead atoms. The van der Waals surface area contributed by atoms with Gasteiger partial charge in [-0.3, -0.25) is 0 Å². The summed E-state index contributed by atoms with van der Waals surface area (Å²) in [5.41, 5.74) is 1.26. The third kappa shape index (κ3) is 1.31. The fraction of sp³-hybridized carbons (Fsp3) is 0.111. The van der Waals surface area contributed by atoms with Crippen LogP contribution in [-0.4, -0.2) is 0 Å². The predicted molar refractivity (Wildman–Crippen MR) is 56.5 cm³/mol. The molecule has 0 radical (unpaired) electrons. The molecule has 1 aromatic heterocycles. The zero-order valence-corrected chi connectivity index (χ0v) is 9.35. The van der Waals surface area contributed by atoms with Gasteiger partial charge in [-0.25, -0.2) is 0 Å². The number of rotatable bonds is 1. The number of benzene rings is 1. The smallest absolute Gasteiger partial charge is 0.176 e. The minimum atomic E-state index is 0.804. The van der Waals surface area contributed by atoms with E-state index in [0.29, 0.717) is 0 Å². The molecule has 0 aliphatic heterocycles. The maximum Gasteiger partial charge on any atom is 0.176 e. The summed E-state index contributed by atoms with van der Waals surface area (Å²) in [6, 6.07) is 6.25. The second-order valence-electron chi connectivity index (χ2n) is 2.56. The molecule has 3 heteroatoms. The van der Waals surface area contributed by atoms with Gasteiger partial charge in [-0.15, -0.1) is 0 Å². The van der Waals surface area contributed by atoms with Crippen molar-refractivity contribution in [2.75, 3.05) is 0 Å². The van der Waals surface area contributed by atoms with Gasteiger partial charge >= 0.3 is 0 Å². The lowest BCUT2D eigenvalue weighted by Gasteiger charge is -1.93. The Morgan fingerprint density at radius 1 is 1.33 bits per heavy atom.